The summed E-state index contributed by atoms with van der Waals surface area (Å²) in [5.41, 5.74) is 8.08. The van der Waals surface area contributed by atoms with Crippen LogP contribution < -0.4 is 0 Å². The summed E-state index contributed by atoms with van der Waals surface area (Å²) in [6.45, 7) is -8.47. The van der Waals surface area contributed by atoms with E-state index in [9.17, 15) is 48.2 Å². The molecule has 6 saturated carbocycles. The van der Waals surface area contributed by atoms with E-state index in [1.807, 2.05) is 91.0 Å². The summed E-state index contributed by atoms with van der Waals surface area (Å²) in [6, 6.07) is 54.2. The zero-order valence-electron chi connectivity index (χ0n) is 72.2. The average Bonchev–Trinajstić information content (AvgIpc) is 0.784. The van der Waals surface area contributed by atoms with Gasteiger partial charge < -0.3 is 15.3 Å². The van der Waals surface area contributed by atoms with Crippen LogP contribution in [0.1, 0.15) is 199 Å². The van der Waals surface area contributed by atoms with E-state index in [2.05, 4.69) is 15.3 Å². The summed E-state index contributed by atoms with van der Waals surface area (Å²) < 4.78 is 107. The number of ketones is 3. The highest BCUT2D eigenvalue weighted by Gasteiger charge is 2.57. The number of hydrogen-bond acceptors (Lipinski definition) is 9. The number of aliphatic carboxylic acids is 3. The third-order valence-corrected chi connectivity index (χ3v) is 24.8. The molecule has 3 aromatic heterocycles. The molecule has 3 unspecified atom stereocenters. The van der Waals surface area contributed by atoms with Gasteiger partial charge in [0.2, 0.25) is 0 Å². The standard InChI is InChI=1S/2C31H29ClN2O3.C31H30N2O3/c2*1-19(21-7-9-23(10-8-21)22-5-3-2-4-6-22)34-29-25(11-12-27(32)26(29)18-33-34)28(35)13-20-14-31(15-20)16-24(17-31)30(36)37;1-20(22-10-12-24(13-11-22)23-6-3-2-4-7-23)33-29-25(19-32-33)8-5-9-27(29)28(34)14-21-15-31(16-21)17-26(18-31)30(35)36/h2*2-12,18-20,24H,13-17H2,1H3,(H,36,37);2-13,19-21,26H,14-18H2,1H3,(H,35,36)/i2*1D3,19D;1D3,20D. The van der Waals surface area contributed by atoms with Gasteiger partial charge in [-0.3, -0.25) is 42.8 Å². The fraction of sp³-hybridized carbons (Fsp3) is 0.323. The maximum atomic E-state index is 13.6. The van der Waals surface area contributed by atoms with Crippen LogP contribution in [0.2, 0.25) is 10.0 Å². The van der Waals surface area contributed by atoms with Gasteiger partial charge in [-0.1, -0.05) is 199 Å². The van der Waals surface area contributed by atoms with Gasteiger partial charge in [-0.05, 0) is 212 Å². The Balaban J connectivity index is 0.000000136. The molecule has 18 rings (SSSR count). The molecule has 17 heteroatoms. The molecule has 0 saturated heterocycles. The maximum Gasteiger partial charge on any atom is 0.306 e. The van der Waals surface area contributed by atoms with Gasteiger partial charge in [-0.25, -0.2) is 0 Å². The first-order valence-corrected chi connectivity index (χ1v) is 38.2. The van der Waals surface area contributed by atoms with E-state index in [1.165, 1.54) is 23.3 Å². The molecule has 3 heterocycles. The average molecular weight is 1520 g/mol. The SMILES string of the molecule is [2H]C([2H])([2H])C([2H])(c1ccc(-c2ccccc2)cc1)n1ncc2c(Cl)ccc(C(=O)CC3CC4(C3)CC(C(=O)O)C4)c21.[2H]C([2H])([2H])C([2H])(c1ccc(-c2ccccc2)cc1)n1ncc2c(Cl)ccc(C(=O)CC3CC4(C3)CC(C(=O)O)C4)c21.[2H]C([2H])([2H])C([2H])(c1ccc(-c2ccccc2)cc1)n1ncc2cccc(C(=O)CC3CC4(C3)CC(C(=O)O)C4)c21. The number of carboxylic acid groups (broad SMARTS) is 3. The second kappa shape index (κ2) is 30.0. The molecule has 0 bridgehead atoms. The zero-order chi connectivity index (χ0) is 86.6. The summed E-state index contributed by atoms with van der Waals surface area (Å²) in [4.78, 5) is 74.5. The molecule has 3 spiro atoms. The summed E-state index contributed by atoms with van der Waals surface area (Å²) in [5.74, 6) is -3.13. The predicted octanol–water partition coefficient (Wildman–Crippen LogP) is 21.6. The molecular formula is C93H88Cl2N6O9. The Morgan fingerprint density at radius 3 is 0.973 bits per heavy atom. The van der Waals surface area contributed by atoms with Crippen LogP contribution in [0.15, 0.2) is 225 Å². The fourth-order valence-corrected chi connectivity index (χ4v) is 19.1. The molecule has 110 heavy (non-hydrogen) atoms. The molecule has 558 valence electrons. The molecule has 0 radical (unpaired) electrons. The number of hydrogen-bond donors (Lipinski definition) is 3. The first-order chi connectivity index (χ1) is 57.8. The number of fused-ring (bicyclic) bond motifs is 3. The van der Waals surface area contributed by atoms with Gasteiger partial charge in [0.15, 0.2) is 17.3 Å². The van der Waals surface area contributed by atoms with Gasteiger partial charge in [0, 0.05) is 64.4 Å². The van der Waals surface area contributed by atoms with Crippen LogP contribution >= 0.6 is 23.2 Å². The summed E-state index contributed by atoms with van der Waals surface area (Å²) in [6.07, 6.45) is 14.1. The van der Waals surface area contributed by atoms with Crippen LogP contribution in [0.4, 0.5) is 0 Å². The van der Waals surface area contributed by atoms with E-state index < -0.39 is 56.5 Å². The normalized spacial score (nSPS) is 26.3. The number of para-hydroxylation sites is 1. The molecule has 9 aromatic carbocycles. The number of carbonyl (C=O) groups is 6. The molecule has 0 amide bonds. The predicted molar refractivity (Wildman–Crippen MR) is 430 cm³/mol. The summed E-state index contributed by atoms with van der Waals surface area (Å²) in [7, 11) is 0. The Morgan fingerprint density at radius 1 is 0.373 bits per heavy atom. The highest BCUT2D eigenvalue weighted by molar-refractivity contribution is 6.36. The van der Waals surface area contributed by atoms with Gasteiger partial charge in [0.25, 0.3) is 0 Å². The van der Waals surface area contributed by atoms with E-state index in [0.717, 1.165) is 81.3 Å². The van der Waals surface area contributed by atoms with E-state index in [1.54, 1.807) is 115 Å². The lowest BCUT2D eigenvalue weighted by molar-refractivity contribution is -0.158. The number of carboxylic acids is 3. The van der Waals surface area contributed by atoms with Crippen molar-refractivity contribution >= 4 is 91.2 Å². The van der Waals surface area contributed by atoms with Crippen molar-refractivity contribution in [3.8, 4) is 33.4 Å². The van der Waals surface area contributed by atoms with Crippen molar-refractivity contribution in [2.45, 2.75) is 135 Å². The minimum atomic E-state index is -2.84. The number of rotatable bonds is 21. The highest BCUT2D eigenvalue weighted by atomic mass is 35.5. The third-order valence-electron chi connectivity index (χ3n) is 24.2. The molecule has 6 aliphatic carbocycles. The van der Waals surface area contributed by atoms with Gasteiger partial charge in [-0.2, -0.15) is 15.3 Å². The molecule has 6 aliphatic rings. The van der Waals surface area contributed by atoms with Crippen molar-refractivity contribution in [2.75, 3.05) is 0 Å². The van der Waals surface area contributed by atoms with Crippen molar-refractivity contribution < 1.29 is 60.5 Å². The smallest absolute Gasteiger partial charge is 0.306 e. The van der Waals surface area contributed by atoms with Crippen molar-refractivity contribution in [3.63, 3.8) is 0 Å². The van der Waals surface area contributed by atoms with Crippen molar-refractivity contribution in [2.24, 2.45) is 51.8 Å². The minimum absolute atomic E-state index is 0.0363. The van der Waals surface area contributed by atoms with Crippen LogP contribution in [0.25, 0.3) is 66.1 Å². The second-order valence-electron chi connectivity index (χ2n) is 31.5. The Morgan fingerprint density at radius 2 is 0.664 bits per heavy atom. The van der Waals surface area contributed by atoms with Crippen LogP contribution in [-0.4, -0.2) is 79.9 Å². The fourth-order valence-electron chi connectivity index (χ4n) is 18.7. The van der Waals surface area contributed by atoms with Crippen LogP contribution in [0.3, 0.4) is 0 Å². The summed E-state index contributed by atoms with van der Waals surface area (Å²) in [5, 5.41) is 42.8. The monoisotopic (exact) mass is 1510 g/mol. The van der Waals surface area contributed by atoms with E-state index in [0.29, 0.717) is 82.2 Å². The van der Waals surface area contributed by atoms with Crippen LogP contribution in [0, 0.1) is 51.8 Å². The first-order valence-electron chi connectivity index (χ1n) is 43.4. The van der Waals surface area contributed by atoms with E-state index >= 15 is 0 Å². The van der Waals surface area contributed by atoms with Gasteiger partial charge in [0.1, 0.15) is 0 Å². The quantitative estimate of drug-likeness (QED) is 0.0573. The number of aromatic nitrogens is 6. The van der Waals surface area contributed by atoms with E-state index in [-0.39, 0.29) is 121 Å². The largest absolute Gasteiger partial charge is 0.481 e. The number of benzene rings is 9. The first kappa shape index (κ1) is 60.2. The topological polar surface area (TPSA) is 217 Å². The summed E-state index contributed by atoms with van der Waals surface area (Å²) >= 11 is 13.0. The number of Topliss-reactive ketones (excluding diaryl/α,β-unsaturated/α-hetero) is 3. The molecule has 3 atom stereocenters. The van der Waals surface area contributed by atoms with Crippen molar-refractivity contribution in [3.05, 3.63) is 268 Å². The van der Waals surface area contributed by atoms with Gasteiger partial charge in [0.05, 0.1) is 85.1 Å². The second-order valence-corrected chi connectivity index (χ2v) is 32.4. The molecule has 15 nitrogen and oxygen atoms in total. The lowest BCUT2D eigenvalue weighted by Crippen LogP contribution is -2.50. The number of nitrogens with zero attached hydrogens (tertiary/aromatic N) is 6. The third kappa shape index (κ3) is 14.4. The number of carbonyl (C=O) groups excluding carboxylic acids is 3. The van der Waals surface area contributed by atoms with E-state index in [4.69, 9.17) is 35.5 Å². The lowest BCUT2D eigenvalue weighted by atomic mass is 9.47. The Labute approximate surface area is 666 Å². The molecule has 6 fully saturated rings. The van der Waals surface area contributed by atoms with Crippen LogP contribution in [0.5, 0.6) is 0 Å². The van der Waals surface area contributed by atoms with Gasteiger partial charge >= 0.3 is 17.9 Å². The molecule has 3 N–H and O–H groups in total. The zero-order valence-corrected chi connectivity index (χ0v) is 61.7. The van der Waals surface area contributed by atoms with Gasteiger partial charge in [-0.15, -0.1) is 0 Å². The lowest BCUT2D eigenvalue weighted by Gasteiger charge is -2.56. The van der Waals surface area contributed by atoms with Crippen LogP contribution in [-0.2, 0) is 14.4 Å². The maximum absolute atomic E-state index is 13.6. The number of halogens is 2. The molecule has 12 aromatic rings. The Hall–Kier alpha value is -10.6. The minimum Gasteiger partial charge on any atom is -0.481 e. The Kier molecular flexibility index (Phi) is 16.4. The van der Waals surface area contributed by atoms with Crippen molar-refractivity contribution in [1.82, 2.24) is 29.3 Å². The highest BCUT2D eigenvalue weighted by Crippen LogP contribution is 2.64. The molecule has 0 aliphatic heterocycles. The van der Waals surface area contributed by atoms with Crippen molar-refractivity contribution in [1.29, 1.82) is 0 Å². The molecular weight excluding hydrogens is 1420 g/mol. The Bertz CT molecular complexity index is 5780.